The van der Waals surface area contributed by atoms with Crippen LogP contribution >= 0.6 is 0 Å². The fraction of sp³-hybridized carbons (Fsp3) is 0.300. The molecule has 26 heavy (non-hydrogen) atoms. The number of fused-ring (bicyclic) bond motifs is 1. The first-order valence-corrected chi connectivity index (χ1v) is 8.82. The van der Waals surface area contributed by atoms with E-state index in [9.17, 15) is 4.79 Å². The topological polar surface area (TPSA) is 67.5 Å². The summed E-state index contributed by atoms with van der Waals surface area (Å²) in [5, 5.41) is 0.592. The maximum atomic E-state index is 12.3. The lowest BCUT2D eigenvalue weighted by Gasteiger charge is -2.26. The molecule has 1 aromatic heterocycles. The van der Waals surface area contributed by atoms with Crippen LogP contribution in [0.15, 0.2) is 53.3 Å². The predicted octanol–water partition coefficient (Wildman–Crippen LogP) is 2.30. The Kier molecular flexibility index (Phi) is 4.95. The van der Waals surface area contributed by atoms with Crippen LogP contribution in [-0.2, 0) is 4.74 Å². The number of nitrogens with zero attached hydrogens (tertiary/aromatic N) is 2. The van der Waals surface area contributed by atoms with Gasteiger partial charge in [-0.2, -0.15) is 0 Å². The van der Waals surface area contributed by atoms with Crippen LogP contribution < -0.4 is 10.3 Å². The van der Waals surface area contributed by atoms with E-state index in [1.165, 1.54) is 0 Å². The van der Waals surface area contributed by atoms with Gasteiger partial charge < -0.3 is 14.5 Å². The van der Waals surface area contributed by atoms with E-state index in [2.05, 4.69) is 14.9 Å². The number of para-hydroxylation sites is 1. The number of H-pyrrole nitrogens is 1. The first-order valence-electron chi connectivity index (χ1n) is 8.82. The molecule has 2 aromatic carbocycles. The summed E-state index contributed by atoms with van der Waals surface area (Å²) in [6, 6.07) is 15.0. The quantitative estimate of drug-likeness (QED) is 0.764. The van der Waals surface area contributed by atoms with Crippen molar-refractivity contribution in [2.24, 2.45) is 0 Å². The number of hydrogen-bond acceptors (Lipinski definition) is 5. The highest BCUT2D eigenvalue weighted by Gasteiger charge is 2.10. The van der Waals surface area contributed by atoms with Crippen molar-refractivity contribution in [2.45, 2.75) is 0 Å². The number of morpholine rings is 1. The highest BCUT2D eigenvalue weighted by Crippen LogP contribution is 2.21. The second-order valence-electron chi connectivity index (χ2n) is 6.26. The molecule has 0 aliphatic carbocycles. The van der Waals surface area contributed by atoms with Crippen LogP contribution in [0.5, 0.6) is 5.75 Å². The lowest BCUT2D eigenvalue weighted by molar-refractivity contribution is 0.0322. The van der Waals surface area contributed by atoms with Crippen LogP contribution in [-0.4, -0.2) is 54.3 Å². The van der Waals surface area contributed by atoms with E-state index in [4.69, 9.17) is 9.47 Å². The summed E-state index contributed by atoms with van der Waals surface area (Å²) in [7, 11) is 0. The second-order valence-corrected chi connectivity index (χ2v) is 6.26. The molecule has 0 unspecified atom stereocenters. The van der Waals surface area contributed by atoms with Crippen LogP contribution in [0.4, 0.5) is 0 Å². The van der Waals surface area contributed by atoms with Crippen molar-refractivity contribution >= 4 is 10.9 Å². The van der Waals surface area contributed by atoms with Gasteiger partial charge in [0.05, 0.1) is 24.1 Å². The van der Waals surface area contributed by atoms with Gasteiger partial charge in [0.2, 0.25) is 0 Å². The summed E-state index contributed by atoms with van der Waals surface area (Å²) in [6.07, 6.45) is 0. The van der Waals surface area contributed by atoms with Crippen LogP contribution in [0.25, 0.3) is 22.3 Å². The smallest absolute Gasteiger partial charge is 0.259 e. The third kappa shape index (κ3) is 3.76. The molecule has 134 valence electrons. The Morgan fingerprint density at radius 3 is 2.85 bits per heavy atom. The summed E-state index contributed by atoms with van der Waals surface area (Å²) in [4.78, 5) is 22.0. The van der Waals surface area contributed by atoms with Crippen molar-refractivity contribution < 1.29 is 9.47 Å². The van der Waals surface area contributed by atoms with E-state index in [1.54, 1.807) is 6.07 Å². The summed E-state index contributed by atoms with van der Waals surface area (Å²) in [6.45, 7) is 4.97. The van der Waals surface area contributed by atoms with Gasteiger partial charge in [0, 0.05) is 25.2 Å². The monoisotopic (exact) mass is 351 g/mol. The summed E-state index contributed by atoms with van der Waals surface area (Å²) < 4.78 is 11.2. The fourth-order valence-electron chi connectivity index (χ4n) is 3.07. The van der Waals surface area contributed by atoms with Gasteiger partial charge in [-0.25, -0.2) is 4.98 Å². The largest absolute Gasteiger partial charge is 0.492 e. The van der Waals surface area contributed by atoms with Gasteiger partial charge in [0.1, 0.15) is 18.2 Å². The van der Waals surface area contributed by atoms with E-state index >= 15 is 0 Å². The molecule has 3 aromatic rings. The minimum Gasteiger partial charge on any atom is -0.492 e. The Bertz CT molecular complexity index is 948. The van der Waals surface area contributed by atoms with Gasteiger partial charge in [-0.15, -0.1) is 0 Å². The highest BCUT2D eigenvalue weighted by atomic mass is 16.5. The molecule has 0 saturated carbocycles. The van der Waals surface area contributed by atoms with Crippen molar-refractivity contribution in [3.8, 4) is 17.1 Å². The Hall–Kier alpha value is -2.70. The van der Waals surface area contributed by atoms with E-state index in [1.807, 2.05) is 42.5 Å². The van der Waals surface area contributed by atoms with Crippen LogP contribution in [0.3, 0.4) is 0 Å². The number of aromatic amines is 1. The molecule has 1 aliphatic rings. The molecule has 0 bridgehead atoms. The Labute approximate surface area is 151 Å². The van der Waals surface area contributed by atoms with Crippen molar-refractivity contribution in [1.82, 2.24) is 14.9 Å². The van der Waals surface area contributed by atoms with Crippen LogP contribution in [0, 0.1) is 0 Å². The summed E-state index contributed by atoms with van der Waals surface area (Å²) in [5.41, 5.74) is 1.38. The highest BCUT2D eigenvalue weighted by molar-refractivity contribution is 5.79. The van der Waals surface area contributed by atoms with Gasteiger partial charge in [0.25, 0.3) is 5.56 Å². The minimum absolute atomic E-state index is 0.135. The molecule has 1 N–H and O–H groups in total. The molecule has 6 heteroatoms. The Morgan fingerprint density at radius 2 is 1.96 bits per heavy atom. The van der Waals surface area contributed by atoms with Crippen molar-refractivity contribution in [3.63, 3.8) is 0 Å². The van der Waals surface area contributed by atoms with Gasteiger partial charge in [-0.3, -0.25) is 9.69 Å². The van der Waals surface area contributed by atoms with E-state index in [0.717, 1.165) is 44.2 Å². The third-order valence-corrected chi connectivity index (χ3v) is 4.50. The molecule has 0 atom stereocenters. The lowest BCUT2D eigenvalue weighted by atomic mass is 10.2. The van der Waals surface area contributed by atoms with E-state index in [0.29, 0.717) is 23.3 Å². The van der Waals surface area contributed by atoms with Crippen molar-refractivity contribution in [2.75, 3.05) is 39.5 Å². The standard InChI is InChI=1S/C20H21N3O3/c24-20-17-6-1-2-7-18(17)21-19(22-20)15-4-3-5-16(14-15)26-13-10-23-8-11-25-12-9-23/h1-7,14H,8-13H2,(H,21,22,24). The Balaban J connectivity index is 1.49. The maximum Gasteiger partial charge on any atom is 0.259 e. The van der Waals surface area contributed by atoms with E-state index < -0.39 is 0 Å². The molecule has 0 spiro atoms. The predicted molar refractivity (Wildman–Crippen MR) is 101 cm³/mol. The molecule has 1 saturated heterocycles. The molecular weight excluding hydrogens is 330 g/mol. The molecule has 1 fully saturated rings. The van der Waals surface area contributed by atoms with Gasteiger partial charge in [-0.1, -0.05) is 24.3 Å². The number of hydrogen-bond donors (Lipinski definition) is 1. The molecule has 2 heterocycles. The zero-order chi connectivity index (χ0) is 17.8. The SMILES string of the molecule is O=c1[nH]c(-c2cccc(OCCN3CCOCC3)c2)nc2ccccc12. The third-order valence-electron chi connectivity index (χ3n) is 4.50. The first-order chi connectivity index (χ1) is 12.8. The number of ether oxygens (including phenoxy) is 2. The van der Waals surface area contributed by atoms with Crippen molar-refractivity contribution in [1.29, 1.82) is 0 Å². The first kappa shape index (κ1) is 16.8. The zero-order valence-electron chi connectivity index (χ0n) is 14.5. The number of rotatable bonds is 5. The van der Waals surface area contributed by atoms with Crippen LogP contribution in [0.1, 0.15) is 0 Å². The molecule has 0 radical (unpaired) electrons. The fourth-order valence-corrected chi connectivity index (χ4v) is 3.07. The van der Waals surface area contributed by atoms with Crippen LogP contribution in [0.2, 0.25) is 0 Å². The summed E-state index contributed by atoms with van der Waals surface area (Å²) >= 11 is 0. The second kappa shape index (κ2) is 7.68. The molecule has 4 rings (SSSR count). The van der Waals surface area contributed by atoms with E-state index in [-0.39, 0.29) is 5.56 Å². The van der Waals surface area contributed by atoms with Gasteiger partial charge in [-0.05, 0) is 24.3 Å². The number of benzene rings is 2. The average molecular weight is 351 g/mol. The average Bonchev–Trinajstić information content (AvgIpc) is 2.69. The van der Waals surface area contributed by atoms with Gasteiger partial charge >= 0.3 is 0 Å². The number of nitrogens with one attached hydrogen (secondary N) is 1. The molecular formula is C20H21N3O3. The normalized spacial score (nSPS) is 15.2. The zero-order valence-corrected chi connectivity index (χ0v) is 14.5. The Morgan fingerprint density at radius 1 is 1.12 bits per heavy atom. The number of aromatic nitrogens is 2. The van der Waals surface area contributed by atoms with Gasteiger partial charge in [0.15, 0.2) is 0 Å². The minimum atomic E-state index is -0.135. The molecule has 1 aliphatic heterocycles. The lowest BCUT2D eigenvalue weighted by Crippen LogP contribution is -2.38. The maximum absolute atomic E-state index is 12.3. The van der Waals surface area contributed by atoms with Crippen molar-refractivity contribution in [3.05, 3.63) is 58.9 Å². The molecule has 0 amide bonds. The summed E-state index contributed by atoms with van der Waals surface area (Å²) in [5.74, 6) is 1.32. The molecule has 6 nitrogen and oxygen atoms in total.